The molecule has 0 bridgehead atoms. The van der Waals surface area contributed by atoms with Gasteiger partial charge < -0.3 is 0 Å². The van der Waals surface area contributed by atoms with Crippen molar-refractivity contribution in [2.75, 3.05) is 5.75 Å². The standard InChI is InChI=1S/C4H8Cl2O4S2/c1-4(12(6,9)10)2-3-11(5,7)8/h4H,2-3H2,1H3. The molecule has 12 heavy (non-hydrogen) atoms. The predicted molar refractivity (Wildman–Crippen MR) is 48.5 cm³/mol. The van der Waals surface area contributed by atoms with Gasteiger partial charge in [0.05, 0.1) is 11.0 Å². The first-order chi connectivity index (χ1) is 5.13. The highest BCUT2D eigenvalue weighted by molar-refractivity contribution is 8.14. The predicted octanol–water partition coefficient (Wildman–Crippen LogP) is 0.902. The van der Waals surface area contributed by atoms with E-state index < -0.39 is 23.4 Å². The van der Waals surface area contributed by atoms with Gasteiger partial charge in [-0.2, -0.15) is 0 Å². The van der Waals surface area contributed by atoms with E-state index in [1.165, 1.54) is 6.92 Å². The summed E-state index contributed by atoms with van der Waals surface area (Å²) in [7, 11) is 2.50. The molecule has 0 aromatic rings. The largest absolute Gasteiger partial charge is 0.235 e. The van der Waals surface area contributed by atoms with Gasteiger partial charge in [-0.25, -0.2) is 16.8 Å². The molecule has 0 amide bonds. The Hall–Kier alpha value is 0.480. The van der Waals surface area contributed by atoms with E-state index in [1.54, 1.807) is 0 Å². The molecule has 0 fully saturated rings. The Bertz CT molecular complexity index is 330. The SMILES string of the molecule is CC(CCS(=O)(=O)Cl)S(=O)(=O)Cl. The first-order valence-electron chi connectivity index (χ1n) is 2.99. The van der Waals surface area contributed by atoms with Gasteiger partial charge >= 0.3 is 0 Å². The van der Waals surface area contributed by atoms with E-state index in [4.69, 9.17) is 21.4 Å². The van der Waals surface area contributed by atoms with Crippen LogP contribution in [0.5, 0.6) is 0 Å². The fraction of sp³-hybridized carbons (Fsp3) is 1.00. The van der Waals surface area contributed by atoms with Crippen LogP contribution in [0, 0.1) is 0 Å². The quantitative estimate of drug-likeness (QED) is 0.700. The molecule has 0 spiro atoms. The van der Waals surface area contributed by atoms with Crippen molar-refractivity contribution in [3.8, 4) is 0 Å². The highest BCUT2D eigenvalue weighted by Gasteiger charge is 2.19. The normalized spacial score (nSPS) is 15.9. The molecule has 0 aliphatic rings. The Labute approximate surface area is 80.7 Å². The van der Waals surface area contributed by atoms with Gasteiger partial charge in [-0.1, -0.05) is 0 Å². The zero-order valence-corrected chi connectivity index (χ0v) is 9.34. The average molecular weight is 255 g/mol. The smallest absolute Gasteiger partial charge is 0.212 e. The molecule has 0 aromatic carbocycles. The summed E-state index contributed by atoms with van der Waals surface area (Å²) in [6, 6.07) is 0. The lowest BCUT2D eigenvalue weighted by atomic mass is 10.4. The summed E-state index contributed by atoms with van der Waals surface area (Å²) in [5.41, 5.74) is 0. The molecule has 0 aliphatic carbocycles. The molecular formula is C4H8Cl2O4S2. The maximum Gasteiger partial charge on any atom is 0.235 e. The van der Waals surface area contributed by atoms with E-state index in [0.717, 1.165) is 0 Å². The summed E-state index contributed by atoms with van der Waals surface area (Å²) in [4.78, 5) is 0. The molecule has 0 saturated heterocycles. The number of hydrogen-bond donors (Lipinski definition) is 0. The van der Waals surface area contributed by atoms with E-state index >= 15 is 0 Å². The van der Waals surface area contributed by atoms with Crippen LogP contribution in [0.25, 0.3) is 0 Å². The molecule has 0 aromatic heterocycles. The maximum absolute atomic E-state index is 10.6. The van der Waals surface area contributed by atoms with Crippen LogP contribution in [-0.2, 0) is 18.1 Å². The summed E-state index contributed by atoms with van der Waals surface area (Å²) in [5.74, 6) is -0.387. The highest BCUT2D eigenvalue weighted by Crippen LogP contribution is 2.12. The minimum atomic E-state index is -3.68. The van der Waals surface area contributed by atoms with E-state index in [0.29, 0.717) is 0 Å². The minimum Gasteiger partial charge on any atom is -0.212 e. The average Bonchev–Trinajstić information content (AvgIpc) is 1.78. The van der Waals surface area contributed by atoms with Crippen molar-refractivity contribution in [1.82, 2.24) is 0 Å². The van der Waals surface area contributed by atoms with Crippen LogP contribution in [0.2, 0.25) is 0 Å². The van der Waals surface area contributed by atoms with Crippen LogP contribution in [0.1, 0.15) is 13.3 Å². The lowest BCUT2D eigenvalue weighted by Gasteiger charge is -2.04. The van der Waals surface area contributed by atoms with Gasteiger partial charge in [-0.15, -0.1) is 0 Å². The molecule has 0 radical (unpaired) electrons. The van der Waals surface area contributed by atoms with E-state index in [1.807, 2.05) is 0 Å². The number of halogens is 2. The molecule has 0 aliphatic heterocycles. The van der Waals surface area contributed by atoms with E-state index in [2.05, 4.69) is 0 Å². The second-order valence-corrected chi connectivity index (χ2v) is 8.26. The van der Waals surface area contributed by atoms with Crippen molar-refractivity contribution in [3.63, 3.8) is 0 Å². The third kappa shape index (κ3) is 6.05. The Morgan fingerprint density at radius 2 is 1.58 bits per heavy atom. The maximum atomic E-state index is 10.6. The molecule has 0 N–H and O–H groups in total. The first kappa shape index (κ1) is 12.5. The fourth-order valence-corrected chi connectivity index (χ4v) is 2.17. The summed E-state index contributed by atoms with van der Waals surface area (Å²) in [6.45, 7) is 1.32. The summed E-state index contributed by atoms with van der Waals surface area (Å²) in [5, 5.41) is -0.896. The van der Waals surface area contributed by atoms with Crippen LogP contribution >= 0.6 is 21.4 Å². The minimum absolute atomic E-state index is 0.0856. The fourth-order valence-electron chi connectivity index (χ4n) is 0.448. The molecule has 0 heterocycles. The lowest BCUT2D eigenvalue weighted by Crippen LogP contribution is -2.15. The Balaban J connectivity index is 4.16. The zero-order chi connectivity index (χ0) is 9.99. The topological polar surface area (TPSA) is 68.3 Å². The highest BCUT2D eigenvalue weighted by atomic mass is 35.7. The lowest BCUT2D eigenvalue weighted by molar-refractivity contribution is 0.591. The zero-order valence-electron chi connectivity index (χ0n) is 6.20. The van der Waals surface area contributed by atoms with Gasteiger partial charge in [0.2, 0.25) is 18.1 Å². The van der Waals surface area contributed by atoms with Gasteiger partial charge in [0.1, 0.15) is 0 Å². The first-order valence-corrected chi connectivity index (χ1v) is 7.84. The van der Waals surface area contributed by atoms with Crippen molar-refractivity contribution in [2.24, 2.45) is 0 Å². The van der Waals surface area contributed by atoms with Crippen LogP contribution in [0.4, 0.5) is 0 Å². The van der Waals surface area contributed by atoms with Gasteiger partial charge in [0.25, 0.3) is 0 Å². The van der Waals surface area contributed by atoms with Crippen LogP contribution in [0.15, 0.2) is 0 Å². The molecule has 0 saturated carbocycles. The third-order valence-corrected chi connectivity index (χ3v) is 4.54. The monoisotopic (exact) mass is 254 g/mol. The number of rotatable bonds is 4. The molecule has 0 rings (SSSR count). The van der Waals surface area contributed by atoms with Crippen molar-refractivity contribution in [2.45, 2.75) is 18.6 Å². The third-order valence-electron chi connectivity index (χ3n) is 1.25. The second kappa shape index (κ2) is 4.13. The van der Waals surface area contributed by atoms with E-state index in [9.17, 15) is 16.8 Å². The molecule has 4 nitrogen and oxygen atoms in total. The summed E-state index contributed by atoms with van der Waals surface area (Å²) < 4.78 is 41.9. The van der Waals surface area contributed by atoms with Crippen LogP contribution < -0.4 is 0 Å². The Morgan fingerprint density at radius 1 is 1.17 bits per heavy atom. The van der Waals surface area contributed by atoms with Crippen LogP contribution in [0.3, 0.4) is 0 Å². The van der Waals surface area contributed by atoms with Crippen molar-refractivity contribution < 1.29 is 16.8 Å². The number of hydrogen-bond acceptors (Lipinski definition) is 4. The van der Waals surface area contributed by atoms with Crippen molar-refractivity contribution in [3.05, 3.63) is 0 Å². The molecule has 1 unspecified atom stereocenters. The molecule has 1 atom stereocenters. The Kier molecular flexibility index (Phi) is 4.29. The van der Waals surface area contributed by atoms with Gasteiger partial charge in [-0.05, 0) is 13.3 Å². The second-order valence-electron chi connectivity index (χ2n) is 2.32. The molecular weight excluding hydrogens is 247 g/mol. The van der Waals surface area contributed by atoms with Crippen molar-refractivity contribution in [1.29, 1.82) is 0 Å². The summed E-state index contributed by atoms with van der Waals surface area (Å²) >= 11 is 0. The van der Waals surface area contributed by atoms with E-state index in [-0.39, 0.29) is 12.2 Å². The van der Waals surface area contributed by atoms with Gasteiger partial charge in [-0.3, -0.25) is 0 Å². The van der Waals surface area contributed by atoms with Gasteiger partial charge in [0.15, 0.2) is 0 Å². The Morgan fingerprint density at radius 3 is 1.83 bits per heavy atom. The molecule has 74 valence electrons. The van der Waals surface area contributed by atoms with Crippen molar-refractivity contribution >= 4 is 39.5 Å². The van der Waals surface area contributed by atoms with Gasteiger partial charge in [0, 0.05) is 21.4 Å². The summed E-state index contributed by atoms with van der Waals surface area (Å²) in [6.07, 6.45) is -0.0856. The molecule has 8 heteroatoms. The van der Waals surface area contributed by atoms with Crippen LogP contribution in [-0.4, -0.2) is 27.8 Å².